The zero-order valence-corrected chi connectivity index (χ0v) is 12.5. The summed E-state index contributed by atoms with van der Waals surface area (Å²) < 4.78 is 0. The molecular formula is C17H25NO2. The van der Waals surface area contributed by atoms with Crippen molar-refractivity contribution in [2.24, 2.45) is 5.92 Å². The van der Waals surface area contributed by atoms with Crippen molar-refractivity contribution in [3.8, 4) is 0 Å². The highest BCUT2D eigenvalue weighted by molar-refractivity contribution is 5.70. The number of rotatable bonds is 5. The summed E-state index contributed by atoms with van der Waals surface area (Å²) in [5, 5.41) is 9.04. The zero-order chi connectivity index (χ0) is 14.5. The molecule has 110 valence electrons. The van der Waals surface area contributed by atoms with Gasteiger partial charge in [-0.05, 0) is 50.4 Å². The smallest absolute Gasteiger partial charge is 0.306 e. The molecule has 0 saturated carbocycles. The number of aryl methyl sites for hydroxylation is 1. The normalized spacial score (nSPS) is 18.9. The first-order valence-electron chi connectivity index (χ1n) is 7.67. The Hall–Kier alpha value is -1.35. The molecule has 1 unspecified atom stereocenters. The highest BCUT2D eigenvalue weighted by Gasteiger charge is 2.27. The molecule has 1 aliphatic rings. The standard InChI is InChI=1S/C17H25NO2/c1-3-4-14-5-7-15(8-6-14)13(2)18-11-9-16(10-12-18)17(19)20/h5-8,13,16H,3-4,9-12H2,1-2H3,(H,19,20). The molecule has 0 radical (unpaired) electrons. The maximum Gasteiger partial charge on any atom is 0.306 e. The van der Waals surface area contributed by atoms with Gasteiger partial charge in [0, 0.05) is 6.04 Å². The van der Waals surface area contributed by atoms with Crippen LogP contribution in [-0.2, 0) is 11.2 Å². The zero-order valence-electron chi connectivity index (χ0n) is 12.5. The number of carboxylic acids is 1. The summed E-state index contributed by atoms with van der Waals surface area (Å²) in [6.07, 6.45) is 3.86. The molecule has 1 saturated heterocycles. The molecule has 1 aliphatic heterocycles. The second-order valence-electron chi connectivity index (χ2n) is 5.82. The quantitative estimate of drug-likeness (QED) is 0.894. The molecule has 0 spiro atoms. The number of aliphatic carboxylic acids is 1. The van der Waals surface area contributed by atoms with Crippen LogP contribution in [0.15, 0.2) is 24.3 Å². The third-order valence-electron chi connectivity index (χ3n) is 4.43. The Bertz CT molecular complexity index is 433. The van der Waals surface area contributed by atoms with Gasteiger partial charge in [0.2, 0.25) is 0 Å². The Morgan fingerprint density at radius 1 is 1.30 bits per heavy atom. The van der Waals surface area contributed by atoms with Gasteiger partial charge >= 0.3 is 5.97 Å². The van der Waals surface area contributed by atoms with E-state index in [1.165, 1.54) is 17.5 Å². The summed E-state index contributed by atoms with van der Waals surface area (Å²) in [6.45, 7) is 6.18. The van der Waals surface area contributed by atoms with Crippen molar-refractivity contribution >= 4 is 5.97 Å². The van der Waals surface area contributed by atoms with Gasteiger partial charge in [-0.1, -0.05) is 37.6 Å². The molecule has 1 fully saturated rings. The van der Waals surface area contributed by atoms with Crippen LogP contribution >= 0.6 is 0 Å². The fourth-order valence-corrected chi connectivity index (χ4v) is 3.00. The second kappa shape index (κ2) is 6.89. The Morgan fingerprint density at radius 2 is 1.90 bits per heavy atom. The molecule has 0 bridgehead atoms. The number of nitrogens with zero attached hydrogens (tertiary/aromatic N) is 1. The van der Waals surface area contributed by atoms with Gasteiger partial charge in [0.25, 0.3) is 0 Å². The van der Waals surface area contributed by atoms with E-state index in [2.05, 4.69) is 43.0 Å². The van der Waals surface area contributed by atoms with Crippen molar-refractivity contribution in [1.82, 2.24) is 4.90 Å². The monoisotopic (exact) mass is 275 g/mol. The molecule has 0 amide bonds. The number of carbonyl (C=O) groups is 1. The molecule has 20 heavy (non-hydrogen) atoms. The van der Waals surface area contributed by atoms with E-state index >= 15 is 0 Å². The summed E-state index contributed by atoms with van der Waals surface area (Å²) in [6, 6.07) is 9.26. The summed E-state index contributed by atoms with van der Waals surface area (Å²) in [4.78, 5) is 13.4. The molecular weight excluding hydrogens is 250 g/mol. The van der Waals surface area contributed by atoms with E-state index in [4.69, 9.17) is 5.11 Å². The van der Waals surface area contributed by atoms with Crippen molar-refractivity contribution in [1.29, 1.82) is 0 Å². The van der Waals surface area contributed by atoms with Crippen LogP contribution in [0.4, 0.5) is 0 Å². The third kappa shape index (κ3) is 3.60. The fourth-order valence-electron chi connectivity index (χ4n) is 3.00. The highest BCUT2D eigenvalue weighted by atomic mass is 16.4. The van der Waals surface area contributed by atoms with Crippen molar-refractivity contribution in [2.45, 2.75) is 45.6 Å². The van der Waals surface area contributed by atoms with Gasteiger partial charge in [-0.2, -0.15) is 0 Å². The Kier molecular flexibility index (Phi) is 5.18. The van der Waals surface area contributed by atoms with Gasteiger partial charge in [0.15, 0.2) is 0 Å². The minimum absolute atomic E-state index is 0.148. The van der Waals surface area contributed by atoms with E-state index in [0.29, 0.717) is 6.04 Å². The van der Waals surface area contributed by atoms with E-state index in [1.807, 2.05) is 0 Å². The van der Waals surface area contributed by atoms with Gasteiger partial charge in [-0.15, -0.1) is 0 Å². The van der Waals surface area contributed by atoms with Crippen LogP contribution in [0.2, 0.25) is 0 Å². The Morgan fingerprint density at radius 3 is 2.40 bits per heavy atom. The summed E-state index contributed by atoms with van der Waals surface area (Å²) >= 11 is 0. The van der Waals surface area contributed by atoms with Crippen LogP contribution in [0.5, 0.6) is 0 Å². The van der Waals surface area contributed by atoms with E-state index in [-0.39, 0.29) is 5.92 Å². The topological polar surface area (TPSA) is 40.5 Å². The first-order chi connectivity index (χ1) is 9.61. The molecule has 3 nitrogen and oxygen atoms in total. The Labute approximate surface area is 121 Å². The lowest BCUT2D eigenvalue weighted by Crippen LogP contribution is -2.37. The van der Waals surface area contributed by atoms with Gasteiger partial charge < -0.3 is 5.11 Å². The van der Waals surface area contributed by atoms with Gasteiger partial charge in [-0.25, -0.2) is 0 Å². The van der Waals surface area contributed by atoms with Crippen LogP contribution in [0.3, 0.4) is 0 Å². The van der Waals surface area contributed by atoms with E-state index < -0.39 is 5.97 Å². The fraction of sp³-hybridized carbons (Fsp3) is 0.588. The average Bonchev–Trinajstić information content (AvgIpc) is 2.48. The van der Waals surface area contributed by atoms with Gasteiger partial charge in [0.1, 0.15) is 0 Å². The lowest BCUT2D eigenvalue weighted by Gasteiger charge is -2.35. The maximum absolute atomic E-state index is 11.0. The average molecular weight is 275 g/mol. The predicted octanol–water partition coefficient (Wildman–Crippen LogP) is 3.50. The molecule has 1 N–H and O–H groups in total. The largest absolute Gasteiger partial charge is 0.481 e. The van der Waals surface area contributed by atoms with E-state index in [1.54, 1.807) is 0 Å². The first kappa shape index (κ1) is 15.0. The predicted molar refractivity (Wildman–Crippen MR) is 80.8 cm³/mol. The van der Waals surface area contributed by atoms with Crippen molar-refractivity contribution in [3.63, 3.8) is 0 Å². The number of benzene rings is 1. The summed E-state index contributed by atoms with van der Waals surface area (Å²) in [5.41, 5.74) is 2.73. The number of hydrogen-bond acceptors (Lipinski definition) is 2. The second-order valence-corrected chi connectivity index (χ2v) is 5.82. The number of hydrogen-bond donors (Lipinski definition) is 1. The summed E-state index contributed by atoms with van der Waals surface area (Å²) in [5.74, 6) is -0.786. The molecule has 0 aromatic heterocycles. The number of carboxylic acid groups (broad SMARTS) is 1. The van der Waals surface area contributed by atoms with Crippen LogP contribution in [0.1, 0.15) is 50.3 Å². The molecule has 1 atom stereocenters. The van der Waals surface area contributed by atoms with E-state index in [0.717, 1.165) is 32.4 Å². The first-order valence-corrected chi connectivity index (χ1v) is 7.67. The van der Waals surface area contributed by atoms with Crippen molar-refractivity contribution < 1.29 is 9.90 Å². The van der Waals surface area contributed by atoms with Crippen LogP contribution in [0, 0.1) is 5.92 Å². The van der Waals surface area contributed by atoms with Crippen LogP contribution in [0.25, 0.3) is 0 Å². The van der Waals surface area contributed by atoms with Crippen LogP contribution < -0.4 is 0 Å². The SMILES string of the molecule is CCCc1ccc(C(C)N2CCC(C(=O)O)CC2)cc1. The number of piperidine rings is 1. The minimum Gasteiger partial charge on any atom is -0.481 e. The van der Waals surface area contributed by atoms with Crippen molar-refractivity contribution in [3.05, 3.63) is 35.4 Å². The third-order valence-corrected chi connectivity index (χ3v) is 4.43. The van der Waals surface area contributed by atoms with Gasteiger partial charge in [-0.3, -0.25) is 9.69 Å². The molecule has 0 aliphatic carbocycles. The molecule has 2 rings (SSSR count). The molecule has 3 heteroatoms. The molecule has 1 heterocycles. The van der Waals surface area contributed by atoms with Crippen LogP contribution in [-0.4, -0.2) is 29.1 Å². The van der Waals surface area contributed by atoms with E-state index in [9.17, 15) is 4.79 Å². The minimum atomic E-state index is -0.638. The lowest BCUT2D eigenvalue weighted by molar-refractivity contribution is -0.143. The summed E-state index contributed by atoms with van der Waals surface area (Å²) in [7, 11) is 0. The number of likely N-dealkylation sites (tertiary alicyclic amines) is 1. The van der Waals surface area contributed by atoms with Gasteiger partial charge in [0.05, 0.1) is 5.92 Å². The molecule has 1 aromatic rings. The maximum atomic E-state index is 11.0. The van der Waals surface area contributed by atoms with Crippen molar-refractivity contribution in [2.75, 3.05) is 13.1 Å². The lowest BCUT2D eigenvalue weighted by atomic mass is 9.94. The molecule has 1 aromatic carbocycles. The highest BCUT2D eigenvalue weighted by Crippen LogP contribution is 2.27. The Balaban J connectivity index is 1.94.